The molecule has 5 nitrogen and oxygen atoms in total. The normalized spacial score (nSPS) is 14.7. The molecule has 1 aromatic heterocycles. The highest BCUT2D eigenvalue weighted by Crippen LogP contribution is 2.26. The summed E-state index contributed by atoms with van der Waals surface area (Å²) in [5, 5.41) is 0. The molecule has 3 aromatic rings. The topological polar surface area (TPSA) is 63.2 Å². The number of sulfonamides is 1. The van der Waals surface area contributed by atoms with Gasteiger partial charge in [-0.3, -0.25) is 0 Å². The molecule has 0 fully saturated rings. The van der Waals surface area contributed by atoms with Gasteiger partial charge in [-0.25, -0.2) is 22.8 Å². The Morgan fingerprint density at radius 2 is 1.79 bits per heavy atom. The summed E-state index contributed by atoms with van der Waals surface area (Å²) in [6.07, 6.45) is 2.18. The Hall–Kier alpha value is -2.64. The maximum atomic E-state index is 13.1. The summed E-state index contributed by atoms with van der Waals surface area (Å²) in [6.45, 7) is 4.47. The van der Waals surface area contributed by atoms with E-state index in [4.69, 9.17) is 0 Å². The second kappa shape index (κ2) is 7.07. The Kier molecular flexibility index (Phi) is 4.72. The van der Waals surface area contributed by atoms with Crippen LogP contribution in [-0.4, -0.2) is 29.2 Å². The zero-order valence-electron chi connectivity index (χ0n) is 15.7. The number of aromatic nitrogens is 2. The van der Waals surface area contributed by atoms with Gasteiger partial charge in [-0.15, -0.1) is 0 Å². The number of hydrogen-bond acceptors (Lipinski definition) is 4. The summed E-state index contributed by atoms with van der Waals surface area (Å²) < 4.78 is 40.6. The fraction of sp³-hybridized carbons (Fsp3) is 0.238. The van der Waals surface area contributed by atoms with Crippen LogP contribution in [0.2, 0.25) is 0 Å². The summed E-state index contributed by atoms with van der Waals surface area (Å²) in [5.74, 6) is 0.207. The van der Waals surface area contributed by atoms with Crippen LogP contribution in [0.15, 0.2) is 53.6 Å². The Labute approximate surface area is 163 Å². The number of halogens is 1. The average molecular weight is 397 g/mol. The highest BCUT2D eigenvalue weighted by atomic mass is 32.2. The van der Waals surface area contributed by atoms with Crippen LogP contribution in [0.3, 0.4) is 0 Å². The molecule has 144 valence electrons. The summed E-state index contributed by atoms with van der Waals surface area (Å²) >= 11 is 0. The van der Waals surface area contributed by atoms with Gasteiger partial charge in [0, 0.05) is 36.8 Å². The van der Waals surface area contributed by atoms with Gasteiger partial charge >= 0.3 is 0 Å². The van der Waals surface area contributed by atoms with Crippen molar-refractivity contribution < 1.29 is 12.8 Å². The van der Waals surface area contributed by atoms with Crippen molar-refractivity contribution >= 4 is 10.0 Å². The van der Waals surface area contributed by atoms with Gasteiger partial charge in [-0.2, -0.15) is 4.31 Å². The molecule has 0 saturated heterocycles. The third-order valence-electron chi connectivity index (χ3n) is 5.12. The van der Waals surface area contributed by atoms with Gasteiger partial charge in [0.1, 0.15) is 5.82 Å². The molecule has 7 heteroatoms. The monoisotopic (exact) mass is 397 g/mol. The molecule has 28 heavy (non-hydrogen) atoms. The van der Waals surface area contributed by atoms with Crippen LogP contribution in [-0.2, 0) is 23.0 Å². The Morgan fingerprint density at radius 3 is 2.50 bits per heavy atom. The number of nitrogens with zero attached hydrogens (tertiary/aromatic N) is 3. The van der Waals surface area contributed by atoms with E-state index in [0.29, 0.717) is 23.7 Å². The molecule has 2 aromatic carbocycles. The average Bonchev–Trinajstić information content (AvgIpc) is 2.69. The lowest BCUT2D eigenvalue weighted by Gasteiger charge is -2.27. The van der Waals surface area contributed by atoms with E-state index in [9.17, 15) is 12.8 Å². The second-order valence-electron chi connectivity index (χ2n) is 7.01. The smallest absolute Gasteiger partial charge is 0.236 e. The molecule has 0 N–H and O–H groups in total. The molecule has 0 radical (unpaired) electrons. The zero-order valence-corrected chi connectivity index (χ0v) is 16.5. The number of benzene rings is 2. The highest BCUT2D eigenvalue weighted by Gasteiger charge is 2.29. The first-order valence-electron chi connectivity index (χ1n) is 9.03. The lowest BCUT2D eigenvalue weighted by Crippen LogP contribution is -2.36. The van der Waals surface area contributed by atoms with Crippen LogP contribution >= 0.6 is 0 Å². The van der Waals surface area contributed by atoms with Crippen molar-refractivity contribution in [2.45, 2.75) is 31.7 Å². The fourth-order valence-electron chi connectivity index (χ4n) is 3.26. The van der Waals surface area contributed by atoms with Crippen molar-refractivity contribution in [1.82, 2.24) is 14.3 Å². The van der Waals surface area contributed by atoms with Gasteiger partial charge in [0.25, 0.3) is 0 Å². The predicted molar refractivity (Wildman–Crippen MR) is 105 cm³/mol. The summed E-state index contributed by atoms with van der Waals surface area (Å²) in [7, 11) is -3.57. The van der Waals surface area contributed by atoms with Crippen molar-refractivity contribution in [3.05, 3.63) is 76.9 Å². The first kappa shape index (κ1) is 18.7. The van der Waals surface area contributed by atoms with Crippen molar-refractivity contribution in [3.8, 4) is 11.4 Å². The van der Waals surface area contributed by atoms with E-state index in [1.807, 2.05) is 19.9 Å². The minimum Gasteiger partial charge on any atom is -0.236 e. The minimum absolute atomic E-state index is 0.244. The fourth-order valence-corrected chi connectivity index (χ4v) is 4.76. The Morgan fingerprint density at radius 1 is 1.04 bits per heavy atom. The van der Waals surface area contributed by atoms with E-state index in [1.54, 1.807) is 30.5 Å². The van der Waals surface area contributed by atoms with Crippen molar-refractivity contribution in [2.75, 3.05) is 6.54 Å². The quantitative estimate of drug-likeness (QED) is 0.677. The number of fused-ring (bicyclic) bond motifs is 1. The largest absolute Gasteiger partial charge is 0.243 e. The standard InChI is InChI=1S/C21H20FN3O2S/c1-14-3-8-19(11-15(14)2)28(26,27)25-10-9-20-17(13-25)12-23-21(24-20)16-4-6-18(22)7-5-16/h3-8,11-12H,9-10,13H2,1-2H3. The maximum Gasteiger partial charge on any atom is 0.243 e. The number of hydrogen-bond donors (Lipinski definition) is 0. The molecule has 0 atom stereocenters. The first-order valence-corrected chi connectivity index (χ1v) is 10.5. The molecular formula is C21H20FN3O2S. The van der Waals surface area contributed by atoms with E-state index in [0.717, 1.165) is 27.9 Å². The van der Waals surface area contributed by atoms with Crippen LogP contribution in [0, 0.1) is 19.7 Å². The SMILES string of the molecule is Cc1ccc(S(=O)(=O)N2CCc3nc(-c4ccc(F)cc4)ncc3C2)cc1C. The number of aryl methyl sites for hydroxylation is 2. The van der Waals surface area contributed by atoms with E-state index in [-0.39, 0.29) is 12.4 Å². The summed E-state index contributed by atoms with van der Waals surface area (Å²) in [6, 6.07) is 11.2. The second-order valence-corrected chi connectivity index (χ2v) is 8.95. The van der Waals surface area contributed by atoms with E-state index in [2.05, 4.69) is 9.97 Å². The summed E-state index contributed by atoms with van der Waals surface area (Å²) in [4.78, 5) is 9.23. The molecule has 0 amide bonds. The van der Waals surface area contributed by atoms with E-state index < -0.39 is 10.0 Å². The molecule has 0 spiro atoms. The molecule has 0 aliphatic carbocycles. The van der Waals surface area contributed by atoms with Gasteiger partial charge in [0.05, 0.1) is 10.6 Å². The first-order chi connectivity index (χ1) is 13.3. The van der Waals surface area contributed by atoms with Crippen LogP contribution < -0.4 is 0 Å². The van der Waals surface area contributed by atoms with Gasteiger partial charge in [-0.05, 0) is 61.4 Å². The van der Waals surface area contributed by atoms with E-state index in [1.165, 1.54) is 16.4 Å². The Bertz CT molecular complexity index is 1140. The lowest BCUT2D eigenvalue weighted by molar-refractivity contribution is 0.387. The minimum atomic E-state index is -3.57. The van der Waals surface area contributed by atoms with Gasteiger partial charge in [0.15, 0.2) is 5.82 Å². The van der Waals surface area contributed by atoms with Crippen LogP contribution in [0.25, 0.3) is 11.4 Å². The lowest BCUT2D eigenvalue weighted by atomic mass is 10.1. The van der Waals surface area contributed by atoms with Crippen molar-refractivity contribution in [3.63, 3.8) is 0 Å². The van der Waals surface area contributed by atoms with Gasteiger partial charge in [-0.1, -0.05) is 6.07 Å². The van der Waals surface area contributed by atoms with Gasteiger partial charge in [0.2, 0.25) is 10.0 Å². The van der Waals surface area contributed by atoms with Gasteiger partial charge < -0.3 is 0 Å². The molecule has 0 bridgehead atoms. The predicted octanol–water partition coefficient (Wildman–Crippen LogP) is 3.65. The Balaban J connectivity index is 1.61. The third-order valence-corrected chi connectivity index (χ3v) is 6.96. The maximum absolute atomic E-state index is 13.1. The third kappa shape index (κ3) is 3.43. The molecule has 1 aliphatic rings. The highest BCUT2D eigenvalue weighted by molar-refractivity contribution is 7.89. The number of rotatable bonds is 3. The van der Waals surface area contributed by atoms with Crippen LogP contribution in [0.5, 0.6) is 0 Å². The molecule has 0 unspecified atom stereocenters. The molecule has 4 rings (SSSR count). The molecular weight excluding hydrogens is 377 g/mol. The van der Waals surface area contributed by atoms with Crippen LogP contribution in [0.1, 0.15) is 22.4 Å². The van der Waals surface area contributed by atoms with Crippen molar-refractivity contribution in [2.24, 2.45) is 0 Å². The van der Waals surface area contributed by atoms with E-state index >= 15 is 0 Å². The molecule has 1 aliphatic heterocycles. The summed E-state index contributed by atoms with van der Waals surface area (Å²) in [5.41, 5.74) is 4.37. The molecule has 2 heterocycles. The van der Waals surface area contributed by atoms with Crippen molar-refractivity contribution in [1.29, 1.82) is 0 Å². The zero-order chi connectivity index (χ0) is 19.9. The molecule has 0 saturated carbocycles. The van der Waals surface area contributed by atoms with Crippen LogP contribution in [0.4, 0.5) is 4.39 Å².